The van der Waals surface area contributed by atoms with Gasteiger partial charge in [-0.3, -0.25) is 9.36 Å². The summed E-state index contributed by atoms with van der Waals surface area (Å²) in [7, 11) is -0.552. The van der Waals surface area contributed by atoms with Gasteiger partial charge in [0.25, 0.3) is 0 Å². The van der Waals surface area contributed by atoms with Crippen LogP contribution in [0.15, 0.2) is 70.4 Å². The second kappa shape index (κ2) is 10.8. The van der Waals surface area contributed by atoms with Crippen LogP contribution in [0.3, 0.4) is 0 Å². The number of rotatable bonds is 10. The molecule has 0 saturated heterocycles. The zero-order chi connectivity index (χ0) is 25.0. The molecule has 0 aliphatic carbocycles. The van der Waals surface area contributed by atoms with Crippen LogP contribution in [-0.4, -0.2) is 33.7 Å². The summed E-state index contributed by atoms with van der Waals surface area (Å²) in [4.78, 5) is 12.6. The summed E-state index contributed by atoms with van der Waals surface area (Å²) in [5.74, 6) is 1.29. The second-order valence-electron chi connectivity index (χ2n) is 7.90. The number of hydrogen-bond acceptors (Lipinski definition) is 6. The largest absolute Gasteiger partial charge is 0.493 e. The smallest absolute Gasteiger partial charge is 0.308 e. The first kappa shape index (κ1) is 25.2. The molecule has 1 heterocycles. The number of methoxy groups -OCH3 is 2. The fourth-order valence-electron chi connectivity index (χ4n) is 3.75. The van der Waals surface area contributed by atoms with Crippen molar-refractivity contribution in [3.05, 3.63) is 86.5 Å². The van der Waals surface area contributed by atoms with E-state index in [0.29, 0.717) is 46.1 Å². The fraction of sp³-hybridized carbons (Fsp3) is 0.240. The molecule has 1 aromatic heterocycles. The maximum atomic E-state index is 12.8. The molecule has 3 aromatic carbocycles. The molecule has 35 heavy (non-hydrogen) atoms. The monoisotopic (exact) mass is 532 g/mol. The molecule has 0 saturated carbocycles. The van der Waals surface area contributed by atoms with Crippen LogP contribution in [0.2, 0.25) is 5.02 Å². The van der Waals surface area contributed by atoms with Gasteiger partial charge in [0.2, 0.25) is 10.0 Å². The molecule has 0 spiro atoms. The second-order valence-corrected chi connectivity index (χ2v) is 11.1. The van der Waals surface area contributed by atoms with Gasteiger partial charge in [0, 0.05) is 11.6 Å². The van der Waals surface area contributed by atoms with Crippen LogP contribution in [0.1, 0.15) is 17.5 Å². The van der Waals surface area contributed by atoms with Crippen molar-refractivity contribution in [3.8, 4) is 11.5 Å². The lowest BCUT2D eigenvalue weighted by molar-refractivity contribution is 0.354. The quantitative estimate of drug-likeness (QED) is 0.299. The summed E-state index contributed by atoms with van der Waals surface area (Å²) in [6.45, 7) is 0.666. The Morgan fingerprint density at radius 2 is 1.66 bits per heavy atom. The maximum Gasteiger partial charge on any atom is 0.308 e. The number of sulfonamides is 1. The highest BCUT2D eigenvalue weighted by molar-refractivity contribution is 7.89. The van der Waals surface area contributed by atoms with Crippen molar-refractivity contribution in [2.24, 2.45) is 0 Å². The molecule has 1 N–H and O–H groups in total. The summed E-state index contributed by atoms with van der Waals surface area (Å²) < 4.78 is 41.2. The summed E-state index contributed by atoms with van der Waals surface area (Å²) in [6, 6.07) is 17.7. The van der Waals surface area contributed by atoms with E-state index in [1.54, 1.807) is 43.1 Å². The number of aromatic nitrogens is 1. The number of nitrogens with one attached hydrogen (secondary N) is 1. The zero-order valence-corrected chi connectivity index (χ0v) is 21.7. The molecule has 0 fully saturated rings. The maximum absolute atomic E-state index is 12.8. The Hall–Kier alpha value is -2.85. The van der Waals surface area contributed by atoms with E-state index < -0.39 is 10.0 Å². The van der Waals surface area contributed by atoms with Gasteiger partial charge >= 0.3 is 4.87 Å². The molecule has 0 aliphatic heterocycles. The van der Waals surface area contributed by atoms with E-state index in [-0.39, 0.29) is 16.3 Å². The third-order valence-corrected chi connectivity index (χ3v) is 8.24. The molecule has 184 valence electrons. The first-order valence-corrected chi connectivity index (χ1v) is 13.6. The van der Waals surface area contributed by atoms with Crippen molar-refractivity contribution in [2.45, 2.75) is 24.3 Å². The zero-order valence-electron chi connectivity index (χ0n) is 19.3. The number of aryl methyl sites for hydroxylation is 1. The van der Waals surface area contributed by atoms with Crippen molar-refractivity contribution in [2.75, 3.05) is 20.8 Å². The topological polar surface area (TPSA) is 86.6 Å². The van der Waals surface area contributed by atoms with Gasteiger partial charge in [0.1, 0.15) is 0 Å². The molecular formula is C25H25ClN2O5S2. The Bertz CT molecular complexity index is 1490. The summed E-state index contributed by atoms with van der Waals surface area (Å²) in [6.07, 6.45) is 1.29. The van der Waals surface area contributed by atoms with Gasteiger partial charge in [0.15, 0.2) is 11.5 Å². The molecule has 0 unspecified atom stereocenters. The van der Waals surface area contributed by atoms with Gasteiger partial charge in [-0.05, 0) is 66.4 Å². The number of hydrogen-bond donors (Lipinski definition) is 1. The van der Waals surface area contributed by atoms with Crippen molar-refractivity contribution in [1.82, 2.24) is 9.29 Å². The van der Waals surface area contributed by atoms with E-state index in [0.717, 1.165) is 22.5 Å². The normalized spacial score (nSPS) is 11.6. The van der Waals surface area contributed by atoms with Gasteiger partial charge in [-0.15, -0.1) is 0 Å². The van der Waals surface area contributed by atoms with E-state index in [1.807, 2.05) is 30.3 Å². The Kier molecular flexibility index (Phi) is 7.81. The van der Waals surface area contributed by atoms with Crippen molar-refractivity contribution < 1.29 is 17.9 Å². The Balaban J connectivity index is 1.43. The molecule has 0 radical (unpaired) electrons. The molecule has 0 amide bonds. The Morgan fingerprint density at radius 1 is 0.943 bits per heavy atom. The van der Waals surface area contributed by atoms with E-state index in [9.17, 15) is 13.2 Å². The first-order valence-electron chi connectivity index (χ1n) is 10.9. The standard InChI is InChI=1S/C25H25ClN2O5S2/c1-32-22-12-7-17(14-23(22)33-2)4-3-13-27-35(30,31)20-10-11-21-24(15-20)34-25(29)28(21)16-18-5-8-19(26)9-6-18/h5-12,14-15,27H,3-4,13,16H2,1-2H3. The minimum atomic E-state index is -3.71. The van der Waals surface area contributed by atoms with Crippen molar-refractivity contribution in [1.29, 1.82) is 0 Å². The molecule has 7 nitrogen and oxygen atoms in total. The molecule has 0 atom stereocenters. The van der Waals surface area contributed by atoms with Crippen LogP contribution in [0.25, 0.3) is 10.2 Å². The van der Waals surface area contributed by atoms with E-state index in [2.05, 4.69) is 4.72 Å². The lowest BCUT2D eigenvalue weighted by Crippen LogP contribution is -2.25. The van der Waals surface area contributed by atoms with Crippen LogP contribution in [0.4, 0.5) is 0 Å². The highest BCUT2D eigenvalue weighted by Crippen LogP contribution is 2.28. The molecule has 4 rings (SSSR count). The average Bonchev–Trinajstić information content (AvgIpc) is 3.17. The van der Waals surface area contributed by atoms with Gasteiger partial charge in [-0.2, -0.15) is 0 Å². The number of ether oxygens (including phenoxy) is 2. The highest BCUT2D eigenvalue weighted by atomic mass is 35.5. The van der Waals surface area contributed by atoms with Gasteiger partial charge < -0.3 is 9.47 Å². The number of thiazole rings is 1. The number of halogens is 1. The van der Waals surface area contributed by atoms with E-state index in [4.69, 9.17) is 21.1 Å². The molecule has 0 bridgehead atoms. The Labute approximate surface area is 212 Å². The van der Waals surface area contributed by atoms with Crippen LogP contribution < -0.4 is 19.1 Å². The number of nitrogens with zero attached hydrogens (tertiary/aromatic N) is 1. The SMILES string of the molecule is COc1ccc(CCCNS(=O)(=O)c2ccc3c(c2)sc(=O)n3Cc2ccc(Cl)cc2)cc1OC. The highest BCUT2D eigenvalue weighted by Gasteiger charge is 2.17. The minimum Gasteiger partial charge on any atom is -0.493 e. The van der Waals surface area contributed by atoms with Gasteiger partial charge in [-0.1, -0.05) is 41.1 Å². The van der Waals surface area contributed by atoms with Gasteiger partial charge in [-0.25, -0.2) is 13.1 Å². The van der Waals surface area contributed by atoms with Crippen LogP contribution >= 0.6 is 22.9 Å². The first-order chi connectivity index (χ1) is 16.8. The summed E-state index contributed by atoms with van der Waals surface area (Å²) >= 11 is 6.97. The van der Waals surface area contributed by atoms with Crippen LogP contribution in [0, 0.1) is 0 Å². The van der Waals surface area contributed by atoms with E-state index >= 15 is 0 Å². The summed E-state index contributed by atoms with van der Waals surface area (Å²) in [5, 5.41) is 0.627. The number of fused-ring (bicyclic) bond motifs is 1. The van der Waals surface area contributed by atoms with Crippen LogP contribution in [0.5, 0.6) is 11.5 Å². The fourth-order valence-corrected chi connectivity index (χ4v) is 5.98. The lowest BCUT2D eigenvalue weighted by Gasteiger charge is -2.10. The molecular weight excluding hydrogens is 508 g/mol. The minimum absolute atomic E-state index is 0.135. The number of benzene rings is 3. The van der Waals surface area contributed by atoms with Gasteiger partial charge in [0.05, 0.1) is 35.9 Å². The third kappa shape index (κ3) is 5.87. The lowest BCUT2D eigenvalue weighted by atomic mass is 10.1. The molecule has 4 aromatic rings. The molecule has 0 aliphatic rings. The third-order valence-electron chi connectivity index (χ3n) is 5.59. The van der Waals surface area contributed by atoms with Crippen molar-refractivity contribution >= 4 is 43.2 Å². The van der Waals surface area contributed by atoms with Crippen LogP contribution in [-0.2, 0) is 23.0 Å². The average molecular weight is 533 g/mol. The summed E-state index contributed by atoms with van der Waals surface area (Å²) in [5.41, 5.74) is 2.65. The predicted octanol–water partition coefficient (Wildman–Crippen LogP) is 4.69. The Morgan fingerprint density at radius 3 is 2.37 bits per heavy atom. The van der Waals surface area contributed by atoms with E-state index in [1.165, 1.54) is 6.07 Å². The van der Waals surface area contributed by atoms with Crippen molar-refractivity contribution in [3.63, 3.8) is 0 Å². The molecule has 10 heteroatoms. The predicted molar refractivity (Wildman–Crippen MR) is 140 cm³/mol.